The van der Waals surface area contributed by atoms with Gasteiger partial charge in [-0.2, -0.15) is 0 Å². The fraction of sp³-hybridized carbons (Fsp3) is 0.625. The molecule has 0 bridgehead atoms. The van der Waals surface area contributed by atoms with Crippen molar-refractivity contribution in [1.29, 1.82) is 0 Å². The third-order valence-corrected chi connectivity index (χ3v) is 4.38. The highest BCUT2D eigenvalue weighted by Crippen LogP contribution is 2.36. The Labute approximate surface area is 114 Å². The van der Waals surface area contributed by atoms with Crippen LogP contribution in [0.15, 0.2) is 18.2 Å². The van der Waals surface area contributed by atoms with Crippen molar-refractivity contribution < 1.29 is 0 Å². The van der Waals surface area contributed by atoms with Crippen molar-refractivity contribution in [2.75, 3.05) is 0 Å². The molecule has 0 spiro atoms. The van der Waals surface area contributed by atoms with Crippen molar-refractivity contribution >= 4 is 15.9 Å². The molecule has 0 saturated carbocycles. The second-order valence-corrected chi connectivity index (χ2v) is 7.57. The van der Waals surface area contributed by atoms with Crippen LogP contribution in [0, 0.1) is 5.41 Å². The van der Waals surface area contributed by atoms with Crippen LogP contribution in [0.2, 0.25) is 0 Å². The molecule has 1 heteroatoms. The number of hydrogen-bond acceptors (Lipinski definition) is 0. The monoisotopic (exact) mass is 294 g/mol. The number of hydrogen-bond donors (Lipinski definition) is 0. The first kappa shape index (κ1) is 13.1. The lowest BCUT2D eigenvalue weighted by Gasteiger charge is -2.24. The maximum Gasteiger partial charge on any atom is 0.0400 e. The lowest BCUT2D eigenvalue weighted by molar-refractivity contribution is 0.376. The van der Waals surface area contributed by atoms with Gasteiger partial charge in [0.25, 0.3) is 0 Å². The van der Waals surface area contributed by atoms with Crippen LogP contribution in [-0.4, -0.2) is 0 Å². The molecule has 1 aromatic rings. The van der Waals surface area contributed by atoms with Crippen LogP contribution in [0.5, 0.6) is 0 Å². The molecule has 1 aliphatic carbocycles. The molecule has 1 unspecified atom stereocenters. The third kappa shape index (κ3) is 3.58. The highest BCUT2D eigenvalue weighted by atomic mass is 79.9. The Balaban J connectivity index is 2.16. The molecule has 17 heavy (non-hydrogen) atoms. The molecular formula is C16H23Br. The largest absolute Gasteiger partial charge is 0.0839 e. The fourth-order valence-electron chi connectivity index (χ4n) is 2.60. The minimum absolute atomic E-state index is 0.379. The normalized spacial score (nSPS) is 17.6. The molecule has 1 atom stereocenters. The van der Waals surface area contributed by atoms with Crippen LogP contribution in [0.4, 0.5) is 0 Å². The highest BCUT2D eigenvalue weighted by molar-refractivity contribution is 9.09. The van der Waals surface area contributed by atoms with E-state index in [1.807, 2.05) is 0 Å². The molecule has 1 aromatic carbocycles. The van der Waals surface area contributed by atoms with E-state index in [4.69, 9.17) is 0 Å². The van der Waals surface area contributed by atoms with Gasteiger partial charge in [0.2, 0.25) is 0 Å². The minimum atomic E-state index is 0.379. The van der Waals surface area contributed by atoms with E-state index in [0.29, 0.717) is 10.2 Å². The minimum Gasteiger partial charge on any atom is -0.0839 e. The summed E-state index contributed by atoms with van der Waals surface area (Å²) in [4.78, 5) is 0.495. The second kappa shape index (κ2) is 5.14. The first-order chi connectivity index (χ1) is 7.96. The van der Waals surface area contributed by atoms with Crippen LogP contribution >= 0.6 is 15.9 Å². The number of halogens is 1. The molecule has 0 saturated heterocycles. The lowest BCUT2D eigenvalue weighted by Crippen LogP contribution is -2.09. The number of alkyl halides is 1. The molecular weight excluding hydrogens is 272 g/mol. The number of benzene rings is 1. The van der Waals surface area contributed by atoms with Gasteiger partial charge in [-0.15, -0.1) is 0 Å². The molecule has 0 amide bonds. The van der Waals surface area contributed by atoms with Gasteiger partial charge in [0, 0.05) is 4.83 Å². The van der Waals surface area contributed by atoms with Gasteiger partial charge in [-0.1, -0.05) is 54.9 Å². The summed E-state index contributed by atoms with van der Waals surface area (Å²) in [6.45, 7) is 6.92. The van der Waals surface area contributed by atoms with Gasteiger partial charge in [-0.05, 0) is 54.2 Å². The Morgan fingerprint density at radius 2 is 1.76 bits per heavy atom. The Bertz CT molecular complexity index is 387. The average Bonchev–Trinajstić information content (AvgIpc) is 2.26. The summed E-state index contributed by atoms with van der Waals surface area (Å²) in [6.07, 6.45) is 6.47. The molecule has 1 aliphatic rings. The molecule has 0 aliphatic heterocycles. The zero-order valence-electron chi connectivity index (χ0n) is 11.2. The van der Waals surface area contributed by atoms with E-state index in [0.717, 1.165) is 0 Å². The molecule has 0 fully saturated rings. The highest BCUT2D eigenvalue weighted by Gasteiger charge is 2.19. The quantitative estimate of drug-likeness (QED) is 0.637. The van der Waals surface area contributed by atoms with E-state index in [2.05, 4.69) is 54.9 Å². The number of aryl methyl sites for hydroxylation is 2. The topological polar surface area (TPSA) is 0 Å². The average molecular weight is 295 g/mol. The van der Waals surface area contributed by atoms with E-state index in [1.165, 1.54) is 37.7 Å². The van der Waals surface area contributed by atoms with E-state index >= 15 is 0 Å². The summed E-state index contributed by atoms with van der Waals surface area (Å²) in [5, 5.41) is 0. The summed E-state index contributed by atoms with van der Waals surface area (Å²) in [5.74, 6) is 0. The smallest absolute Gasteiger partial charge is 0.0400 e. The summed E-state index contributed by atoms with van der Waals surface area (Å²) >= 11 is 3.85. The van der Waals surface area contributed by atoms with Crippen LogP contribution in [0.1, 0.15) is 61.6 Å². The Kier molecular flexibility index (Phi) is 3.97. The molecule has 0 radical (unpaired) electrons. The third-order valence-electron chi connectivity index (χ3n) is 3.53. The van der Waals surface area contributed by atoms with Gasteiger partial charge in [0.1, 0.15) is 0 Å². The van der Waals surface area contributed by atoms with Crippen molar-refractivity contribution in [1.82, 2.24) is 0 Å². The van der Waals surface area contributed by atoms with Crippen molar-refractivity contribution in [2.24, 2.45) is 5.41 Å². The van der Waals surface area contributed by atoms with Gasteiger partial charge >= 0.3 is 0 Å². The van der Waals surface area contributed by atoms with Gasteiger partial charge in [-0.25, -0.2) is 0 Å². The summed E-state index contributed by atoms with van der Waals surface area (Å²) < 4.78 is 0. The molecule has 0 heterocycles. The summed E-state index contributed by atoms with van der Waals surface area (Å²) in [7, 11) is 0. The molecule has 94 valence electrons. The predicted octanol–water partition coefficient (Wildman–Crippen LogP) is 5.44. The maximum absolute atomic E-state index is 3.85. The van der Waals surface area contributed by atoms with Crippen LogP contribution < -0.4 is 0 Å². The number of fused-ring (bicyclic) bond motifs is 1. The van der Waals surface area contributed by atoms with Crippen molar-refractivity contribution in [3.63, 3.8) is 0 Å². The summed E-state index contributed by atoms with van der Waals surface area (Å²) in [5.41, 5.74) is 5.01. The molecule has 0 aromatic heterocycles. The van der Waals surface area contributed by atoms with Crippen LogP contribution in [0.3, 0.4) is 0 Å². The van der Waals surface area contributed by atoms with Crippen LogP contribution in [-0.2, 0) is 12.8 Å². The first-order valence-corrected chi connectivity index (χ1v) is 7.63. The lowest BCUT2D eigenvalue weighted by atomic mass is 9.86. The van der Waals surface area contributed by atoms with E-state index < -0.39 is 0 Å². The van der Waals surface area contributed by atoms with Gasteiger partial charge in [0.05, 0.1) is 0 Å². The van der Waals surface area contributed by atoms with Gasteiger partial charge in [0.15, 0.2) is 0 Å². The van der Waals surface area contributed by atoms with E-state index in [1.54, 1.807) is 11.1 Å². The van der Waals surface area contributed by atoms with E-state index in [9.17, 15) is 0 Å². The summed E-state index contributed by atoms with van der Waals surface area (Å²) in [6, 6.07) is 7.09. The van der Waals surface area contributed by atoms with E-state index in [-0.39, 0.29) is 0 Å². The van der Waals surface area contributed by atoms with Crippen molar-refractivity contribution in [2.45, 2.75) is 57.7 Å². The molecule has 0 N–H and O–H groups in total. The Morgan fingerprint density at radius 1 is 1.12 bits per heavy atom. The standard InChI is InChI=1S/C16H23Br/c1-16(2,3)11-15(17)14-9-8-12-6-4-5-7-13(12)10-14/h8-10,15H,4-7,11H2,1-3H3. The molecule has 0 nitrogen and oxygen atoms in total. The number of rotatable bonds is 2. The second-order valence-electron chi connectivity index (χ2n) is 6.47. The predicted molar refractivity (Wildman–Crippen MR) is 78.8 cm³/mol. The fourth-order valence-corrected chi connectivity index (χ4v) is 3.86. The maximum atomic E-state index is 3.85. The SMILES string of the molecule is CC(C)(C)CC(Br)c1ccc2c(c1)CCCC2. The van der Waals surface area contributed by atoms with Gasteiger partial charge in [-0.3, -0.25) is 0 Å². The molecule has 2 rings (SSSR count). The zero-order valence-corrected chi connectivity index (χ0v) is 12.8. The van der Waals surface area contributed by atoms with Crippen molar-refractivity contribution in [3.8, 4) is 0 Å². The zero-order chi connectivity index (χ0) is 12.5. The Hall–Kier alpha value is -0.300. The van der Waals surface area contributed by atoms with Crippen molar-refractivity contribution in [3.05, 3.63) is 34.9 Å². The van der Waals surface area contributed by atoms with Crippen LogP contribution in [0.25, 0.3) is 0 Å². The Morgan fingerprint density at radius 3 is 2.41 bits per heavy atom. The van der Waals surface area contributed by atoms with Gasteiger partial charge < -0.3 is 0 Å². The first-order valence-electron chi connectivity index (χ1n) is 6.71.